The number of nitrogens with one attached hydrogen (secondary N) is 1. The van der Waals surface area contributed by atoms with E-state index in [1.807, 2.05) is 37.3 Å². The molecule has 0 saturated heterocycles. The maximum absolute atomic E-state index is 12.8. The lowest BCUT2D eigenvalue weighted by Gasteiger charge is -2.20. The molecule has 2 rings (SSSR count). The zero-order valence-electron chi connectivity index (χ0n) is 10.9. The number of hydrogen-bond donors (Lipinski definition) is 2. The second kappa shape index (κ2) is 6.45. The van der Waals surface area contributed by atoms with Crippen LogP contribution >= 0.6 is 0 Å². The molecule has 19 heavy (non-hydrogen) atoms. The van der Waals surface area contributed by atoms with Gasteiger partial charge in [0.25, 0.3) is 0 Å². The van der Waals surface area contributed by atoms with Crippen molar-refractivity contribution in [3.05, 3.63) is 71.5 Å². The van der Waals surface area contributed by atoms with Gasteiger partial charge >= 0.3 is 0 Å². The Bertz CT molecular complexity index is 498. The van der Waals surface area contributed by atoms with E-state index in [0.29, 0.717) is 6.54 Å². The minimum absolute atomic E-state index is 0.0764. The van der Waals surface area contributed by atoms with Crippen LogP contribution in [0.15, 0.2) is 54.6 Å². The van der Waals surface area contributed by atoms with Crippen molar-refractivity contribution in [1.82, 2.24) is 5.32 Å². The van der Waals surface area contributed by atoms with E-state index in [4.69, 9.17) is 0 Å². The van der Waals surface area contributed by atoms with E-state index in [2.05, 4.69) is 5.32 Å². The van der Waals surface area contributed by atoms with Gasteiger partial charge in [0, 0.05) is 12.6 Å². The topological polar surface area (TPSA) is 32.3 Å². The fourth-order valence-corrected chi connectivity index (χ4v) is 1.93. The third-order valence-corrected chi connectivity index (χ3v) is 3.16. The fourth-order valence-electron chi connectivity index (χ4n) is 1.93. The van der Waals surface area contributed by atoms with Crippen LogP contribution in [0.5, 0.6) is 0 Å². The zero-order valence-corrected chi connectivity index (χ0v) is 10.9. The van der Waals surface area contributed by atoms with Crippen molar-refractivity contribution in [1.29, 1.82) is 0 Å². The summed E-state index contributed by atoms with van der Waals surface area (Å²) in [4.78, 5) is 0. The second-order valence-corrected chi connectivity index (χ2v) is 4.65. The van der Waals surface area contributed by atoms with Gasteiger partial charge in [-0.2, -0.15) is 0 Å². The quantitative estimate of drug-likeness (QED) is 0.865. The minimum atomic E-state index is -0.554. The number of halogens is 1. The molecule has 0 aliphatic carbocycles. The summed E-state index contributed by atoms with van der Waals surface area (Å²) in [6, 6.07) is 15.8. The van der Waals surface area contributed by atoms with E-state index in [1.54, 1.807) is 12.1 Å². The molecule has 3 heteroatoms. The smallest absolute Gasteiger partial charge is 0.123 e. The summed E-state index contributed by atoms with van der Waals surface area (Å²) >= 11 is 0. The second-order valence-electron chi connectivity index (χ2n) is 4.65. The Morgan fingerprint density at radius 1 is 1.05 bits per heavy atom. The van der Waals surface area contributed by atoms with E-state index in [9.17, 15) is 9.50 Å². The number of rotatable bonds is 5. The molecule has 0 heterocycles. The summed E-state index contributed by atoms with van der Waals surface area (Å²) in [6.07, 6.45) is -0.554. The van der Waals surface area contributed by atoms with Gasteiger partial charge in [0.15, 0.2) is 0 Å². The Morgan fingerprint density at radius 3 is 2.32 bits per heavy atom. The predicted molar refractivity (Wildman–Crippen MR) is 74.1 cm³/mol. The first-order chi connectivity index (χ1) is 9.16. The third kappa shape index (κ3) is 3.88. The van der Waals surface area contributed by atoms with Gasteiger partial charge in [-0.25, -0.2) is 4.39 Å². The van der Waals surface area contributed by atoms with Crippen LogP contribution in [-0.2, 0) is 6.54 Å². The lowest BCUT2D eigenvalue weighted by Crippen LogP contribution is -2.31. The summed E-state index contributed by atoms with van der Waals surface area (Å²) in [5.41, 5.74) is 1.88. The average Bonchev–Trinajstić information content (AvgIpc) is 2.46. The first kappa shape index (κ1) is 13.7. The van der Waals surface area contributed by atoms with Crippen LogP contribution in [0, 0.1) is 5.82 Å². The van der Waals surface area contributed by atoms with Gasteiger partial charge in [0.1, 0.15) is 5.82 Å². The van der Waals surface area contributed by atoms with E-state index < -0.39 is 6.10 Å². The highest BCUT2D eigenvalue weighted by Gasteiger charge is 2.15. The number of aliphatic hydroxyl groups excluding tert-OH is 1. The van der Waals surface area contributed by atoms with E-state index in [1.165, 1.54) is 12.1 Å². The molecule has 0 spiro atoms. The van der Waals surface area contributed by atoms with Gasteiger partial charge in [-0.05, 0) is 30.2 Å². The van der Waals surface area contributed by atoms with Gasteiger partial charge < -0.3 is 10.4 Å². The van der Waals surface area contributed by atoms with Gasteiger partial charge in [0.2, 0.25) is 0 Å². The molecule has 0 fully saturated rings. The maximum Gasteiger partial charge on any atom is 0.123 e. The summed E-state index contributed by atoms with van der Waals surface area (Å²) < 4.78 is 12.8. The first-order valence-corrected chi connectivity index (χ1v) is 6.37. The molecule has 0 amide bonds. The van der Waals surface area contributed by atoms with Crippen molar-refractivity contribution in [2.45, 2.75) is 25.6 Å². The SMILES string of the molecule is CC(NCc1ccc(F)cc1)C(O)c1ccccc1. The molecule has 0 aliphatic rings. The van der Waals surface area contributed by atoms with Crippen molar-refractivity contribution < 1.29 is 9.50 Å². The Labute approximate surface area is 112 Å². The van der Waals surface area contributed by atoms with E-state index in [0.717, 1.165) is 11.1 Å². The molecule has 2 aromatic rings. The predicted octanol–water partition coefficient (Wildman–Crippen LogP) is 3.04. The number of hydrogen-bond acceptors (Lipinski definition) is 2. The lowest BCUT2D eigenvalue weighted by atomic mass is 10.0. The monoisotopic (exact) mass is 259 g/mol. The molecule has 0 aliphatic heterocycles. The van der Waals surface area contributed by atoms with Crippen molar-refractivity contribution in [2.75, 3.05) is 0 Å². The number of aliphatic hydroxyl groups is 1. The first-order valence-electron chi connectivity index (χ1n) is 6.37. The largest absolute Gasteiger partial charge is 0.387 e. The molecule has 2 unspecified atom stereocenters. The molecule has 100 valence electrons. The molecule has 2 atom stereocenters. The summed E-state index contributed by atoms with van der Waals surface area (Å²) in [7, 11) is 0. The average molecular weight is 259 g/mol. The van der Waals surface area contributed by atoms with Crippen LogP contribution in [0.4, 0.5) is 4.39 Å². The molecular formula is C16H18FNO. The fraction of sp³-hybridized carbons (Fsp3) is 0.250. The lowest BCUT2D eigenvalue weighted by molar-refractivity contribution is 0.135. The van der Waals surface area contributed by atoms with Gasteiger partial charge in [-0.3, -0.25) is 0 Å². The molecule has 2 aromatic carbocycles. The number of benzene rings is 2. The van der Waals surface area contributed by atoms with Crippen molar-refractivity contribution in [3.63, 3.8) is 0 Å². The molecule has 0 saturated carbocycles. The van der Waals surface area contributed by atoms with Crippen LogP contribution in [0.25, 0.3) is 0 Å². The van der Waals surface area contributed by atoms with Crippen molar-refractivity contribution >= 4 is 0 Å². The van der Waals surface area contributed by atoms with Gasteiger partial charge in [0.05, 0.1) is 6.10 Å². The zero-order chi connectivity index (χ0) is 13.7. The van der Waals surface area contributed by atoms with Crippen LogP contribution in [0.3, 0.4) is 0 Å². The van der Waals surface area contributed by atoms with Crippen molar-refractivity contribution in [2.24, 2.45) is 0 Å². The van der Waals surface area contributed by atoms with Crippen LogP contribution in [0.1, 0.15) is 24.2 Å². The summed E-state index contributed by atoms with van der Waals surface area (Å²) in [5.74, 6) is -0.235. The Morgan fingerprint density at radius 2 is 1.68 bits per heavy atom. The molecule has 2 N–H and O–H groups in total. The van der Waals surface area contributed by atoms with Crippen LogP contribution < -0.4 is 5.32 Å². The standard InChI is InChI=1S/C16H18FNO/c1-12(16(19)14-5-3-2-4-6-14)18-11-13-7-9-15(17)10-8-13/h2-10,12,16,18-19H,11H2,1H3. The van der Waals surface area contributed by atoms with E-state index in [-0.39, 0.29) is 11.9 Å². The van der Waals surface area contributed by atoms with Gasteiger partial charge in [-0.1, -0.05) is 42.5 Å². The Balaban J connectivity index is 1.90. The van der Waals surface area contributed by atoms with Crippen LogP contribution in [0.2, 0.25) is 0 Å². The molecule has 2 nitrogen and oxygen atoms in total. The third-order valence-electron chi connectivity index (χ3n) is 3.16. The Hall–Kier alpha value is -1.71. The highest BCUT2D eigenvalue weighted by atomic mass is 19.1. The molecular weight excluding hydrogens is 241 g/mol. The highest BCUT2D eigenvalue weighted by Crippen LogP contribution is 2.16. The highest BCUT2D eigenvalue weighted by molar-refractivity contribution is 5.19. The Kier molecular flexibility index (Phi) is 4.66. The van der Waals surface area contributed by atoms with Crippen molar-refractivity contribution in [3.8, 4) is 0 Å². The normalized spacial score (nSPS) is 14.1. The molecule has 0 radical (unpaired) electrons. The minimum Gasteiger partial charge on any atom is -0.387 e. The van der Waals surface area contributed by atoms with E-state index >= 15 is 0 Å². The molecule has 0 bridgehead atoms. The summed E-state index contributed by atoms with van der Waals surface area (Å²) in [5, 5.41) is 13.4. The maximum atomic E-state index is 12.8. The molecule has 0 aromatic heterocycles. The van der Waals surface area contributed by atoms with Gasteiger partial charge in [-0.15, -0.1) is 0 Å². The summed E-state index contributed by atoms with van der Waals surface area (Å²) in [6.45, 7) is 2.53. The van der Waals surface area contributed by atoms with Crippen LogP contribution in [-0.4, -0.2) is 11.1 Å².